The van der Waals surface area contributed by atoms with E-state index in [0.717, 1.165) is 32.8 Å². The predicted molar refractivity (Wildman–Crippen MR) is 76.3 cm³/mol. The van der Waals surface area contributed by atoms with E-state index in [-0.39, 0.29) is 0 Å². The van der Waals surface area contributed by atoms with Gasteiger partial charge in [-0.25, -0.2) is 0 Å². The number of benzene rings is 1. The van der Waals surface area contributed by atoms with Crippen LogP contribution in [0.1, 0.15) is 31.7 Å². The molecule has 0 unspecified atom stereocenters. The first-order valence-electron chi connectivity index (χ1n) is 6.65. The van der Waals surface area contributed by atoms with E-state index in [2.05, 4.69) is 43.4 Å². The summed E-state index contributed by atoms with van der Waals surface area (Å²) in [6.07, 6.45) is 0.957. The molecule has 0 aliphatic rings. The topological polar surface area (TPSA) is 30.5 Å². The van der Waals surface area contributed by atoms with Gasteiger partial charge < -0.3 is 14.8 Å². The molecular weight excluding hydrogens is 226 g/mol. The summed E-state index contributed by atoms with van der Waals surface area (Å²) in [5, 5.41) is 3.43. The molecule has 3 nitrogen and oxygen atoms in total. The number of anilines is 1. The molecule has 0 saturated carbocycles. The van der Waals surface area contributed by atoms with Crippen LogP contribution in [-0.2, 0) is 9.47 Å². The van der Waals surface area contributed by atoms with Crippen LogP contribution in [0.15, 0.2) is 24.3 Å². The minimum atomic E-state index is 0.538. The summed E-state index contributed by atoms with van der Waals surface area (Å²) in [6, 6.07) is 8.45. The zero-order valence-corrected chi connectivity index (χ0v) is 11.7. The van der Waals surface area contributed by atoms with Crippen molar-refractivity contribution in [2.75, 3.05) is 38.8 Å². The van der Waals surface area contributed by atoms with E-state index in [1.54, 1.807) is 7.11 Å². The number of methoxy groups -OCH3 is 1. The van der Waals surface area contributed by atoms with Gasteiger partial charge in [0, 0.05) is 32.6 Å². The van der Waals surface area contributed by atoms with Crippen LogP contribution in [0.4, 0.5) is 5.69 Å². The molecule has 0 aliphatic carbocycles. The van der Waals surface area contributed by atoms with Crippen LogP contribution in [0.25, 0.3) is 0 Å². The first-order valence-corrected chi connectivity index (χ1v) is 6.65. The van der Waals surface area contributed by atoms with Crippen LogP contribution in [-0.4, -0.2) is 33.5 Å². The van der Waals surface area contributed by atoms with Crippen molar-refractivity contribution in [1.82, 2.24) is 0 Å². The molecule has 0 fully saturated rings. The second kappa shape index (κ2) is 8.95. The Morgan fingerprint density at radius 3 is 2.61 bits per heavy atom. The van der Waals surface area contributed by atoms with Gasteiger partial charge in [0.15, 0.2) is 0 Å². The Hall–Kier alpha value is -1.06. The molecular formula is C15H25NO2. The standard InChI is InChI=1S/C15H25NO2/c1-13(2)14-7-4-5-8-15(14)16-9-12-18-11-6-10-17-3/h4-5,7-8,13,16H,6,9-12H2,1-3H3. The third-order valence-electron chi connectivity index (χ3n) is 2.78. The maximum Gasteiger partial charge on any atom is 0.0639 e. The number of hydrogen-bond acceptors (Lipinski definition) is 3. The van der Waals surface area contributed by atoms with Gasteiger partial charge in [-0.2, -0.15) is 0 Å². The highest BCUT2D eigenvalue weighted by molar-refractivity contribution is 5.52. The van der Waals surface area contributed by atoms with E-state index in [9.17, 15) is 0 Å². The van der Waals surface area contributed by atoms with E-state index in [1.165, 1.54) is 11.3 Å². The van der Waals surface area contributed by atoms with Gasteiger partial charge in [0.1, 0.15) is 0 Å². The molecule has 0 aromatic heterocycles. The van der Waals surface area contributed by atoms with Gasteiger partial charge in [-0.15, -0.1) is 0 Å². The number of nitrogens with one attached hydrogen (secondary N) is 1. The quantitative estimate of drug-likeness (QED) is 0.683. The largest absolute Gasteiger partial charge is 0.385 e. The Morgan fingerprint density at radius 1 is 1.11 bits per heavy atom. The maximum absolute atomic E-state index is 5.52. The minimum absolute atomic E-state index is 0.538. The van der Waals surface area contributed by atoms with Crippen molar-refractivity contribution < 1.29 is 9.47 Å². The Labute approximate surface area is 110 Å². The van der Waals surface area contributed by atoms with Crippen molar-refractivity contribution in [1.29, 1.82) is 0 Å². The van der Waals surface area contributed by atoms with Gasteiger partial charge in [-0.1, -0.05) is 32.0 Å². The van der Waals surface area contributed by atoms with Crippen molar-refractivity contribution in [2.24, 2.45) is 0 Å². The fraction of sp³-hybridized carbons (Fsp3) is 0.600. The lowest BCUT2D eigenvalue weighted by atomic mass is 10.0. The van der Waals surface area contributed by atoms with Gasteiger partial charge in [0.05, 0.1) is 6.61 Å². The van der Waals surface area contributed by atoms with Gasteiger partial charge in [0.25, 0.3) is 0 Å². The van der Waals surface area contributed by atoms with E-state index >= 15 is 0 Å². The lowest BCUT2D eigenvalue weighted by molar-refractivity contribution is 0.109. The molecule has 1 aromatic carbocycles. The normalized spacial score (nSPS) is 10.9. The number of rotatable bonds is 9. The Kier molecular flexibility index (Phi) is 7.46. The van der Waals surface area contributed by atoms with Gasteiger partial charge in [-0.3, -0.25) is 0 Å². The first kappa shape index (κ1) is 15.0. The van der Waals surface area contributed by atoms with E-state index < -0.39 is 0 Å². The molecule has 0 heterocycles. The minimum Gasteiger partial charge on any atom is -0.385 e. The van der Waals surface area contributed by atoms with Crippen molar-refractivity contribution in [3.8, 4) is 0 Å². The van der Waals surface area contributed by atoms with Crippen molar-refractivity contribution in [3.63, 3.8) is 0 Å². The van der Waals surface area contributed by atoms with Crippen LogP contribution in [0, 0.1) is 0 Å². The van der Waals surface area contributed by atoms with Crippen LogP contribution in [0.5, 0.6) is 0 Å². The lowest BCUT2D eigenvalue weighted by Gasteiger charge is -2.14. The van der Waals surface area contributed by atoms with Gasteiger partial charge in [0.2, 0.25) is 0 Å². The molecule has 1 N–H and O–H groups in total. The Bertz CT molecular complexity index is 326. The summed E-state index contributed by atoms with van der Waals surface area (Å²) in [6.45, 7) is 7.53. The van der Waals surface area contributed by atoms with Crippen molar-refractivity contribution in [2.45, 2.75) is 26.2 Å². The van der Waals surface area contributed by atoms with E-state index in [4.69, 9.17) is 9.47 Å². The fourth-order valence-electron chi connectivity index (χ4n) is 1.83. The summed E-state index contributed by atoms with van der Waals surface area (Å²) in [5.41, 5.74) is 2.57. The van der Waals surface area contributed by atoms with Gasteiger partial charge >= 0.3 is 0 Å². The molecule has 1 rings (SSSR count). The molecule has 3 heteroatoms. The SMILES string of the molecule is COCCCOCCNc1ccccc1C(C)C. The summed E-state index contributed by atoms with van der Waals surface area (Å²) in [4.78, 5) is 0. The first-order chi connectivity index (χ1) is 8.75. The molecule has 18 heavy (non-hydrogen) atoms. The van der Waals surface area contributed by atoms with Crippen LogP contribution >= 0.6 is 0 Å². The van der Waals surface area contributed by atoms with Crippen LogP contribution in [0.3, 0.4) is 0 Å². The van der Waals surface area contributed by atoms with Crippen LogP contribution < -0.4 is 5.32 Å². The summed E-state index contributed by atoms with van der Waals surface area (Å²) in [5.74, 6) is 0.538. The van der Waals surface area contributed by atoms with E-state index in [0.29, 0.717) is 5.92 Å². The predicted octanol–water partition coefficient (Wildman–Crippen LogP) is 3.28. The molecule has 1 aromatic rings. The second-order valence-corrected chi connectivity index (χ2v) is 4.63. The average Bonchev–Trinajstić information content (AvgIpc) is 2.38. The molecule has 0 saturated heterocycles. The molecule has 0 atom stereocenters. The van der Waals surface area contributed by atoms with E-state index in [1.807, 2.05) is 0 Å². The average molecular weight is 251 g/mol. The highest BCUT2D eigenvalue weighted by Crippen LogP contribution is 2.23. The molecule has 0 spiro atoms. The van der Waals surface area contributed by atoms with Crippen molar-refractivity contribution in [3.05, 3.63) is 29.8 Å². The van der Waals surface area contributed by atoms with Crippen LogP contribution in [0.2, 0.25) is 0 Å². The molecule has 0 aliphatic heterocycles. The summed E-state index contributed by atoms with van der Waals surface area (Å²) in [7, 11) is 1.71. The number of hydrogen-bond donors (Lipinski definition) is 1. The lowest BCUT2D eigenvalue weighted by Crippen LogP contribution is -2.12. The molecule has 0 radical (unpaired) electrons. The number of ether oxygens (including phenoxy) is 2. The van der Waals surface area contributed by atoms with Gasteiger partial charge in [-0.05, 0) is 24.0 Å². The summed E-state index contributed by atoms with van der Waals surface area (Å²) < 4.78 is 10.5. The highest BCUT2D eigenvalue weighted by atomic mass is 16.5. The van der Waals surface area contributed by atoms with Crippen molar-refractivity contribution >= 4 is 5.69 Å². The Morgan fingerprint density at radius 2 is 1.89 bits per heavy atom. The molecule has 102 valence electrons. The zero-order valence-electron chi connectivity index (χ0n) is 11.7. The monoisotopic (exact) mass is 251 g/mol. The molecule has 0 bridgehead atoms. The molecule has 0 amide bonds. The number of para-hydroxylation sites is 1. The zero-order chi connectivity index (χ0) is 13.2. The maximum atomic E-state index is 5.52. The third-order valence-corrected chi connectivity index (χ3v) is 2.78. The Balaban J connectivity index is 2.23. The fourth-order valence-corrected chi connectivity index (χ4v) is 1.83. The highest BCUT2D eigenvalue weighted by Gasteiger charge is 2.04. The third kappa shape index (κ3) is 5.52. The smallest absolute Gasteiger partial charge is 0.0639 e. The second-order valence-electron chi connectivity index (χ2n) is 4.63. The summed E-state index contributed by atoms with van der Waals surface area (Å²) >= 11 is 0.